The summed E-state index contributed by atoms with van der Waals surface area (Å²) in [5.74, 6) is 0.945. The lowest BCUT2D eigenvalue weighted by Gasteiger charge is -2.06. The molecule has 3 aromatic rings. The van der Waals surface area contributed by atoms with Gasteiger partial charge in [-0.3, -0.25) is 4.79 Å². The van der Waals surface area contributed by atoms with Crippen molar-refractivity contribution in [3.05, 3.63) is 52.8 Å². The van der Waals surface area contributed by atoms with Crippen LogP contribution in [-0.4, -0.2) is 20.9 Å². The summed E-state index contributed by atoms with van der Waals surface area (Å²) < 4.78 is 0. The molecule has 0 saturated carbocycles. The second-order valence-corrected chi connectivity index (χ2v) is 7.03. The Morgan fingerprint density at radius 3 is 2.92 bits per heavy atom. The van der Waals surface area contributed by atoms with Crippen LogP contribution in [0.3, 0.4) is 0 Å². The van der Waals surface area contributed by atoms with E-state index in [-0.39, 0.29) is 18.2 Å². The number of pyridine rings is 2. The Labute approximate surface area is 154 Å². The maximum absolute atomic E-state index is 11.1. The number of carbonyl (C=O) groups is 1. The van der Waals surface area contributed by atoms with Gasteiger partial charge in [0.25, 0.3) is 0 Å². The number of nitrogens with one attached hydrogen (secondary N) is 1. The fraction of sp³-hybridized carbons (Fsp3) is 0.176. The molecular formula is C17H16ClN5OS. The first-order valence-electron chi connectivity index (χ1n) is 7.61. The molecule has 3 rings (SSSR count). The van der Waals surface area contributed by atoms with Crippen LogP contribution >= 0.6 is 22.9 Å². The van der Waals surface area contributed by atoms with Crippen LogP contribution in [0.4, 0.5) is 11.6 Å². The van der Waals surface area contributed by atoms with Gasteiger partial charge in [-0.25, -0.2) is 15.0 Å². The number of nitrogens with two attached hydrogens (primary N) is 1. The molecule has 0 fully saturated rings. The summed E-state index contributed by atoms with van der Waals surface area (Å²) in [4.78, 5) is 25.2. The van der Waals surface area contributed by atoms with Crippen molar-refractivity contribution in [2.45, 2.75) is 19.3 Å². The lowest BCUT2D eigenvalue weighted by atomic mass is 10.1. The van der Waals surface area contributed by atoms with Gasteiger partial charge in [0, 0.05) is 29.8 Å². The molecule has 1 atom stereocenters. The number of hydrogen-bond acceptors (Lipinski definition) is 6. The lowest BCUT2D eigenvalue weighted by molar-refractivity contribution is -0.118. The fourth-order valence-corrected chi connectivity index (χ4v) is 3.37. The van der Waals surface area contributed by atoms with Crippen LogP contribution in [0.1, 0.15) is 24.3 Å². The van der Waals surface area contributed by atoms with Crippen LogP contribution < -0.4 is 11.1 Å². The Bertz CT molecular complexity index is 898. The average molecular weight is 374 g/mol. The van der Waals surface area contributed by atoms with Gasteiger partial charge in [0.15, 0.2) is 0 Å². The minimum absolute atomic E-state index is 0.00628. The van der Waals surface area contributed by atoms with Gasteiger partial charge in [0.1, 0.15) is 11.6 Å². The van der Waals surface area contributed by atoms with Crippen LogP contribution in [0, 0.1) is 0 Å². The van der Waals surface area contributed by atoms with E-state index in [0.29, 0.717) is 16.7 Å². The van der Waals surface area contributed by atoms with E-state index in [2.05, 4.69) is 20.3 Å². The number of carbonyl (C=O) groups excluding carboxylic acids is 1. The molecule has 1 amide bonds. The van der Waals surface area contributed by atoms with E-state index in [0.717, 1.165) is 15.6 Å². The van der Waals surface area contributed by atoms with Gasteiger partial charge in [-0.05, 0) is 24.3 Å². The van der Waals surface area contributed by atoms with Crippen LogP contribution in [-0.2, 0) is 4.79 Å². The quantitative estimate of drug-likeness (QED) is 0.681. The van der Waals surface area contributed by atoms with E-state index in [9.17, 15) is 4.79 Å². The predicted molar refractivity (Wildman–Crippen MR) is 100 cm³/mol. The van der Waals surface area contributed by atoms with E-state index >= 15 is 0 Å². The van der Waals surface area contributed by atoms with E-state index in [1.54, 1.807) is 24.5 Å². The SMILES string of the molecule is C[C@@H](CC(N)=O)c1ncc(-c2cccc(Nc3cc(Cl)ccn3)n2)s1. The summed E-state index contributed by atoms with van der Waals surface area (Å²) >= 11 is 7.47. The predicted octanol–water partition coefficient (Wildman–Crippen LogP) is 3.98. The molecule has 128 valence electrons. The zero-order valence-electron chi connectivity index (χ0n) is 13.4. The molecular weight excluding hydrogens is 358 g/mol. The Hall–Kier alpha value is -2.51. The number of hydrogen-bond donors (Lipinski definition) is 2. The Balaban J connectivity index is 1.80. The summed E-state index contributed by atoms with van der Waals surface area (Å²) in [7, 11) is 0. The molecule has 0 unspecified atom stereocenters. The van der Waals surface area contributed by atoms with Gasteiger partial charge in [-0.15, -0.1) is 11.3 Å². The fourth-order valence-electron chi connectivity index (χ4n) is 2.27. The van der Waals surface area contributed by atoms with Crippen LogP contribution in [0.15, 0.2) is 42.7 Å². The van der Waals surface area contributed by atoms with E-state index in [1.807, 2.05) is 25.1 Å². The highest BCUT2D eigenvalue weighted by Gasteiger charge is 2.14. The summed E-state index contributed by atoms with van der Waals surface area (Å²) in [5.41, 5.74) is 6.05. The number of nitrogens with zero attached hydrogens (tertiary/aromatic N) is 3. The minimum Gasteiger partial charge on any atom is -0.370 e. The van der Waals surface area contributed by atoms with Crippen LogP contribution in [0.2, 0.25) is 5.02 Å². The molecule has 3 heterocycles. The van der Waals surface area contributed by atoms with Crippen LogP contribution in [0.5, 0.6) is 0 Å². The first-order chi connectivity index (χ1) is 12.0. The topological polar surface area (TPSA) is 93.8 Å². The molecule has 3 aromatic heterocycles. The van der Waals surface area contributed by atoms with E-state index < -0.39 is 0 Å². The second-order valence-electron chi connectivity index (χ2n) is 5.53. The monoisotopic (exact) mass is 373 g/mol. The standard InChI is InChI=1S/C17H16ClN5OS/c1-10(7-14(19)24)17-21-9-13(25-17)12-3-2-4-15(22-12)23-16-8-11(18)5-6-20-16/h2-6,8-10H,7H2,1H3,(H2,19,24)(H,20,22,23)/t10-/m0/s1. The lowest BCUT2D eigenvalue weighted by Crippen LogP contribution is -2.13. The average Bonchev–Trinajstić information content (AvgIpc) is 3.05. The molecule has 0 aromatic carbocycles. The van der Waals surface area contributed by atoms with Gasteiger partial charge < -0.3 is 11.1 Å². The molecule has 25 heavy (non-hydrogen) atoms. The molecule has 0 bridgehead atoms. The van der Waals surface area contributed by atoms with E-state index in [4.69, 9.17) is 17.3 Å². The first-order valence-corrected chi connectivity index (χ1v) is 8.81. The van der Waals surface area contributed by atoms with Crippen molar-refractivity contribution in [1.29, 1.82) is 0 Å². The zero-order valence-corrected chi connectivity index (χ0v) is 15.0. The Morgan fingerprint density at radius 1 is 1.32 bits per heavy atom. The van der Waals surface area contributed by atoms with Crippen molar-refractivity contribution < 1.29 is 4.79 Å². The van der Waals surface area contributed by atoms with Gasteiger partial charge in [0.05, 0.1) is 15.6 Å². The highest BCUT2D eigenvalue weighted by atomic mass is 35.5. The van der Waals surface area contributed by atoms with Crippen molar-refractivity contribution >= 4 is 40.5 Å². The maximum Gasteiger partial charge on any atom is 0.218 e. The third kappa shape index (κ3) is 4.52. The van der Waals surface area contributed by atoms with Gasteiger partial charge >= 0.3 is 0 Å². The molecule has 0 aliphatic carbocycles. The zero-order chi connectivity index (χ0) is 17.8. The minimum atomic E-state index is -0.331. The maximum atomic E-state index is 11.1. The van der Waals surface area contributed by atoms with Crippen molar-refractivity contribution in [3.63, 3.8) is 0 Å². The molecule has 3 N–H and O–H groups in total. The highest BCUT2D eigenvalue weighted by molar-refractivity contribution is 7.15. The van der Waals surface area contributed by atoms with Crippen LogP contribution in [0.25, 0.3) is 10.6 Å². The van der Waals surface area contributed by atoms with Gasteiger partial charge in [-0.1, -0.05) is 24.6 Å². The summed E-state index contributed by atoms with van der Waals surface area (Å²) in [6, 6.07) is 9.10. The largest absolute Gasteiger partial charge is 0.370 e. The second kappa shape index (κ2) is 7.58. The molecule has 0 spiro atoms. The van der Waals surface area contributed by atoms with Gasteiger partial charge in [0.2, 0.25) is 5.91 Å². The van der Waals surface area contributed by atoms with Crippen molar-refractivity contribution in [2.75, 3.05) is 5.32 Å². The van der Waals surface area contributed by atoms with E-state index in [1.165, 1.54) is 11.3 Å². The van der Waals surface area contributed by atoms with Crippen molar-refractivity contribution in [2.24, 2.45) is 5.73 Å². The summed E-state index contributed by atoms with van der Waals surface area (Å²) in [6.07, 6.45) is 3.67. The number of primary amides is 1. The Kier molecular flexibility index (Phi) is 5.25. The third-order valence-corrected chi connectivity index (χ3v) is 4.92. The first kappa shape index (κ1) is 17.3. The number of rotatable bonds is 6. The highest BCUT2D eigenvalue weighted by Crippen LogP contribution is 2.31. The molecule has 0 aliphatic heterocycles. The van der Waals surface area contributed by atoms with Gasteiger partial charge in [-0.2, -0.15) is 0 Å². The Morgan fingerprint density at radius 2 is 2.16 bits per heavy atom. The molecule has 0 saturated heterocycles. The normalized spacial score (nSPS) is 11.9. The van der Waals surface area contributed by atoms with Crippen molar-refractivity contribution in [1.82, 2.24) is 15.0 Å². The number of halogens is 1. The summed E-state index contributed by atoms with van der Waals surface area (Å²) in [5, 5.41) is 4.59. The van der Waals surface area contributed by atoms with Crippen molar-refractivity contribution in [3.8, 4) is 10.6 Å². The number of thiazole rings is 1. The summed E-state index contributed by atoms with van der Waals surface area (Å²) in [6.45, 7) is 1.93. The molecule has 0 radical (unpaired) electrons. The number of amides is 1. The molecule has 6 nitrogen and oxygen atoms in total. The molecule has 8 heteroatoms. The number of anilines is 2. The number of aromatic nitrogens is 3. The smallest absolute Gasteiger partial charge is 0.218 e. The third-order valence-electron chi connectivity index (χ3n) is 3.43. The molecule has 0 aliphatic rings.